The highest BCUT2D eigenvalue weighted by Crippen LogP contribution is 2.20. The molecule has 2 aromatic carbocycles. The topological polar surface area (TPSA) is 70.6 Å². The van der Waals surface area contributed by atoms with Crippen molar-refractivity contribution >= 4 is 35.6 Å². The van der Waals surface area contributed by atoms with Gasteiger partial charge in [0, 0.05) is 23.3 Å². The summed E-state index contributed by atoms with van der Waals surface area (Å²) in [4.78, 5) is 12.1. The van der Waals surface area contributed by atoms with Crippen LogP contribution in [0.1, 0.15) is 12.0 Å². The van der Waals surface area contributed by atoms with Gasteiger partial charge in [-0.05, 0) is 36.2 Å². The molecule has 7 heteroatoms. The van der Waals surface area contributed by atoms with Crippen molar-refractivity contribution < 1.29 is 14.6 Å². The van der Waals surface area contributed by atoms with E-state index < -0.39 is 6.10 Å². The minimum atomic E-state index is -0.463. The van der Waals surface area contributed by atoms with Crippen molar-refractivity contribution in [3.8, 4) is 5.75 Å². The lowest BCUT2D eigenvalue weighted by Gasteiger charge is -2.12. The molecule has 5 nitrogen and oxygen atoms in total. The first-order valence-corrected chi connectivity index (χ1v) is 8.17. The maximum Gasteiger partial charge on any atom is 0.241 e. The molecular weight excluding hydrogens is 363 g/mol. The largest absolute Gasteiger partial charge is 0.489 e. The number of hydrogen-bond donors (Lipinski definition) is 3. The number of carbonyl (C=O) groups excluding carboxylic acids is 1. The molecule has 1 fully saturated rings. The Morgan fingerprint density at radius 2 is 2.04 bits per heavy atom. The minimum Gasteiger partial charge on any atom is -0.489 e. The highest BCUT2D eigenvalue weighted by Gasteiger charge is 2.27. The third-order valence-electron chi connectivity index (χ3n) is 3.84. The fourth-order valence-corrected chi connectivity index (χ4v) is 2.68. The lowest BCUT2D eigenvalue weighted by Crippen LogP contribution is -2.35. The van der Waals surface area contributed by atoms with Crippen molar-refractivity contribution in [2.75, 3.05) is 11.9 Å². The molecule has 1 heterocycles. The third kappa shape index (κ3) is 5.61. The maximum absolute atomic E-state index is 12.1. The number of aliphatic hydroxyl groups is 1. The zero-order valence-electron chi connectivity index (χ0n) is 13.4. The molecule has 2 unspecified atom stereocenters. The Hall–Kier alpha value is -1.79. The molecule has 2 atom stereocenters. The number of β-amino-alcohol motifs (C(OH)–C–C–N with tert-alkyl or cyclic N) is 1. The smallest absolute Gasteiger partial charge is 0.241 e. The number of carbonyl (C=O) groups is 1. The summed E-state index contributed by atoms with van der Waals surface area (Å²) in [6.45, 7) is 0.868. The van der Waals surface area contributed by atoms with Gasteiger partial charge in [0.2, 0.25) is 5.91 Å². The molecule has 1 saturated heterocycles. The van der Waals surface area contributed by atoms with Crippen LogP contribution in [-0.2, 0) is 11.4 Å². The van der Waals surface area contributed by atoms with Gasteiger partial charge in [0.05, 0.1) is 12.1 Å². The average Bonchev–Trinajstić information content (AvgIpc) is 3.01. The summed E-state index contributed by atoms with van der Waals surface area (Å²) >= 11 is 5.86. The first-order chi connectivity index (χ1) is 11.6. The van der Waals surface area contributed by atoms with Gasteiger partial charge in [-0.1, -0.05) is 29.8 Å². The van der Waals surface area contributed by atoms with Crippen molar-refractivity contribution in [3.63, 3.8) is 0 Å². The number of rotatable bonds is 5. The van der Waals surface area contributed by atoms with Gasteiger partial charge in [-0.2, -0.15) is 0 Å². The zero-order chi connectivity index (χ0) is 16.9. The molecule has 3 N–H and O–H groups in total. The molecule has 0 radical (unpaired) electrons. The number of halogens is 2. The first-order valence-electron chi connectivity index (χ1n) is 7.80. The summed E-state index contributed by atoms with van der Waals surface area (Å²) in [5.41, 5.74) is 1.68. The first kappa shape index (κ1) is 19.5. The fraction of sp³-hybridized carbons (Fsp3) is 0.278. The van der Waals surface area contributed by atoms with Crippen LogP contribution in [0.2, 0.25) is 5.02 Å². The van der Waals surface area contributed by atoms with Gasteiger partial charge in [-0.3, -0.25) is 4.79 Å². The van der Waals surface area contributed by atoms with Gasteiger partial charge < -0.3 is 20.5 Å². The van der Waals surface area contributed by atoms with Crippen LogP contribution < -0.4 is 15.4 Å². The van der Waals surface area contributed by atoms with Gasteiger partial charge >= 0.3 is 0 Å². The summed E-state index contributed by atoms with van der Waals surface area (Å²) in [5.74, 6) is 0.517. The molecular formula is C18H20Cl2N2O3. The van der Waals surface area contributed by atoms with Crippen molar-refractivity contribution in [2.24, 2.45) is 0 Å². The lowest BCUT2D eigenvalue weighted by molar-refractivity contribution is -0.117. The van der Waals surface area contributed by atoms with Gasteiger partial charge in [0.25, 0.3) is 0 Å². The van der Waals surface area contributed by atoms with Gasteiger partial charge in [0.15, 0.2) is 0 Å². The van der Waals surface area contributed by atoms with Crippen LogP contribution in [0.25, 0.3) is 0 Å². The van der Waals surface area contributed by atoms with Crippen LogP contribution in [-0.4, -0.2) is 29.7 Å². The fourth-order valence-electron chi connectivity index (χ4n) is 2.56. The number of ether oxygens (including phenoxy) is 1. The van der Waals surface area contributed by atoms with Crippen LogP contribution in [0.4, 0.5) is 5.69 Å². The normalized spacial score (nSPS) is 19.1. The summed E-state index contributed by atoms with van der Waals surface area (Å²) in [6.07, 6.45) is -0.0340. The van der Waals surface area contributed by atoms with Gasteiger partial charge in [-0.25, -0.2) is 0 Å². The van der Waals surface area contributed by atoms with Gasteiger partial charge in [0.1, 0.15) is 12.4 Å². The Balaban J connectivity index is 0.00000225. The standard InChI is InChI=1S/C18H19ClN2O3.ClH/c19-13-6-4-12(5-7-13)11-24-16-3-1-2-14(8-16)21-18(23)17-9-15(22)10-20-17;/h1-8,15,17,20,22H,9-11H2,(H,21,23);1H. The lowest BCUT2D eigenvalue weighted by atomic mass is 10.2. The van der Waals surface area contributed by atoms with Crippen molar-refractivity contribution in [1.82, 2.24) is 5.32 Å². The van der Waals surface area contributed by atoms with E-state index in [0.29, 0.717) is 36.0 Å². The van der Waals surface area contributed by atoms with E-state index in [1.165, 1.54) is 0 Å². The zero-order valence-corrected chi connectivity index (χ0v) is 15.0. The highest BCUT2D eigenvalue weighted by molar-refractivity contribution is 6.30. The Kier molecular flexibility index (Phi) is 7.08. The molecule has 134 valence electrons. The van der Waals surface area contributed by atoms with Crippen LogP contribution in [0.5, 0.6) is 5.75 Å². The summed E-state index contributed by atoms with van der Waals surface area (Å²) in [7, 11) is 0. The number of aliphatic hydroxyl groups excluding tert-OH is 1. The molecule has 25 heavy (non-hydrogen) atoms. The van der Waals surface area contributed by atoms with Crippen molar-refractivity contribution in [2.45, 2.75) is 25.2 Å². The SMILES string of the molecule is Cl.O=C(Nc1cccc(OCc2ccc(Cl)cc2)c1)C1CC(O)CN1. The molecule has 0 saturated carbocycles. The summed E-state index contributed by atoms with van der Waals surface area (Å²) in [6, 6.07) is 14.3. The van der Waals surface area contributed by atoms with E-state index in [1.54, 1.807) is 12.1 Å². The number of benzene rings is 2. The second kappa shape index (κ2) is 9.06. The van der Waals surface area contributed by atoms with E-state index in [-0.39, 0.29) is 24.4 Å². The predicted octanol–water partition coefficient (Wildman–Crippen LogP) is 3.00. The second-order valence-corrected chi connectivity index (χ2v) is 6.22. The van der Waals surface area contributed by atoms with Crippen LogP contribution in [0.3, 0.4) is 0 Å². The monoisotopic (exact) mass is 382 g/mol. The Bertz CT molecular complexity index is 710. The van der Waals surface area contributed by atoms with Crippen molar-refractivity contribution in [1.29, 1.82) is 0 Å². The van der Waals surface area contributed by atoms with Crippen molar-refractivity contribution in [3.05, 3.63) is 59.1 Å². The molecule has 1 amide bonds. The molecule has 0 aliphatic carbocycles. The highest BCUT2D eigenvalue weighted by atomic mass is 35.5. The molecule has 0 spiro atoms. The molecule has 0 bridgehead atoms. The third-order valence-corrected chi connectivity index (χ3v) is 4.10. The molecule has 2 aromatic rings. The summed E-state index contributed by atoms with van der Waals surface area (Å²) < 4.78 is 5.75. The predicted molar refractivity (Wildman–Crippen MR) is 101 cm³/mol. The molecule has 3 rings (SSSR count). The van der Waals surface area contributed by atoms with E-state index in [2.05, 4.69) is 10.6 Å². The Labute approximate surface area is 157 Å². The molecule has 0 aromatic heterocycles. The minimum absolute atomic E-state index is 0. The van der Waals surface area contributed by atoms with Crippen LogP contribution in [0, 0.1) is 0 Å². The molecule has 1 aliphatic rings. The van der Waals surface area contributed by atoms with E-state index in [1.807, 2.05) is 36.4 Å². The number of anilines is 1. The van der Waals surface area contributed by atoms with Crippen LogP contribution >= 0.6 is 24.0 Å². The average molecular weight is 383 g/mol. The molecule has 1 aliphatic heterocycles. The number of amides is 1. The summed E-state index contributed by atoms with van der Waals surface area (Å²) in [5, 5.41) is 16.0. The van der Waals surface area contributed by atoms with E-state index >= 15 is 0 Å². The maximum atomic E-state index is 12.1. The van der Waals surface area contributed by atoms with E-state index in [9.17, 15) is 9.90 Å². The Morgan fingerprint density at radius 1 is 1.28 bits per heavy atom. The second-order valence-electron chi connectivity index (χ2n) is 5.78. The number of nitrogens with one attached hydrogen (secondary N) is 2. The van der Waals surface area contributed by atoms with E-state index in [0.717, 1.165) is 5.56 Å². The van der Waals surface area contributed by atoms with E-state index in [4.69, 9.17) is 16.3 Å². The Morgan fingerprint density at radius 3 is 2.72 bits per heavy atom. The van der Waals surface area contributed by atoms with Gasteiger partial charge in [-0.15, -0.1) is 12.4 Å². The number of hydrogen-bond acceptors (Lipinski definition) is 4. The van der Waals surface area contributed by atoms with Crippen LogP contribution in [0.15, 0.2) is 48.5 Å². The quantitative estimate of drug-likeness (QED) is 0.743.